The number of azo groups is 1. The zero-order valence-corrected chi connectivity index (χ0v) is 13.1. The van der Waals surface area contributed by atoms with E-state index >= 15 is 0 Å². The van der Waals surface area contributed by atoms with Crippen LogP contribution < -0.4 is 0 Å². The van der Waals surface area contributed by atoms with Gasteiger partial charge in [-0.3, -0.25) is 0 Å². The van der Waals surface area contributed by atoms with Crippen molar-refractivity contribution in [1.82, 2.24) is 0 Å². The number of rotatable bonds is 4. The second-order valence-electron chi connectivity index (χ2n) is 5.87. The van der Waals surface area contributed by atoms with E-state index in [9.17, 15) is 5.21 Å². The molecule has 0 unspecified atom stereocenters. The van der Waals surface area contributed by atoms with Gasteiger partial charge in [-0.15, -0.1) is 0 Å². The van der Waals surface area contributed by atoms with Crippen LogP contribution in [0.15, 0.2) is 53.6 Å². The number of hydrogen-bond acceptors (Lipinski definition) is 2. The van der Waals surface area contributed by atoms with Crippen LogP contribution in [0.4, 0.5) is 11.4 Å². The zero-order chi connectivity index (χ0) is 15.4. The fourth-order valence-electron chi connectivity index (χ4n) is 2.11. The minimum atomic E-state index is 0.391. The van der Waals surface area contributed by atoms with Gasteiger partial charge in [0, 0.05) is 17.2 Å². The highest BCUT2D eigenvalue weighted by molar-refractivity contribution is 5.41. The van der Waals surface area contributed by atoms with E-state index in [1.54, 1.807) is 6.07 Å². The van der Waals surface area contributed by atoms with Crippen LogP contribution in [0.1, 0.15) is 50.7 Å². The topological polar surface area (TPSA) is 38.4 Å². The number of benzene rings is 2. The summed E-state index contributed by atoms with van der Waals surface area (Å²) in [4.78, 5) is 0.700. The molecule has 0 spiro atoms. The molecular weight excluding hydrogens is 260 g/mol. The Morgan fingerprint density at radius 3 is 2.05 bits per heavy atom. The normalized spacial score (nSPS) is 12.2. The highest BCUT2D eigenvalue weighted by atomic mass is 16.5. The molecule has 0 aromatic heterocycles. The molecule has 110 valence electrons. The lowest BCUT2D eigenvalue weighted by molar-refractivity contribution is -0.435. The van der Waals surface area contributed by atoms with Gasteiger partial charge in [0.05, 0.1) is 0 Å². The number of nitrogens with zero attached hydrogens (tertiary/aromatic N) is 2. The van der Waals surface area contributed by atoms with E-state index in [1.807, 2.05) is 36.4 Å². The van der Waals surface area contributed by atoms with E-state index in [2.05, 4.69) is 38.9 Å². The van der Waals surface area contributed by atoms with Crippen molar-refractivity contribution in [2.75, 3.05) is 0 Å². The Kier molecular flexibility index (Phi) is 4.73. The molecular formula is C18H22N2O. The summed E-state index contributed by atoms with van der Waals surface area (Å²) in [6.07, 6.45) is 0. The minimum absolute atomic E-state index is 0.391. The summed E-state index contributed by atoms with van der Waals surface area (Å²) in [5.74, 6) is 0.812. The quantitative estimate of drug-likeness (QED) is 0.393. The lowest BCUT2D eigenvalue weighted by Gasteiger charge is -2.07. The third kappa shape index (κ3) is 3.91. The first-order valence-corrected chi connectivity index (χ1v) is 7.36. The Hall–Kier alpha value is -2.16. The van der Waals surface area contributed by atoms with E-state index in [-0.39, 0.29) is 0 Å². The smallest absolute Gasteiger partial charge is 0.245 e. The van der Waals surface area contributed by atoms with Crippen LogP contribution in [0.25, 0.3) is 0 Å². The summed E-state index contributed by atoms with van der Waals surface area (Å²) in [7, 11) is 0. The van der Waals surface area contributed by atoms with Crippen LogP contribution >= 0.6 is 0 Å². The summed E-state index contributed by atoms with van der Waals surface area (Å²) in [6.45, 7) is 8.47. The average molecular weight is 282 g/mol. The van der Waals surface area contributed by atoms with Crippen molar-refractivity contribution in [2.45, 2.75) is 39.5 Å². The molecule has 0 aliphatic heterocycles. The standard InChI is InChI=1S/C18H22N2O/c1-13(2)15-7-5-9-17(11-15)19-20(21)18-10-6-8-16(12-18)14(3)4/h5-14H,1-4H3. The maximum absolute atomic E-state index is 12.2. The SMILES string of the molecule is CC(C)c1cccc(N=[N+]([O-])c2cccc(C(C)C)c2)c1. The molecule has 0 radical (unpaired) electrons. The molecule has 2 aromatic rings. The lowest BCUT2D eigenvalue weighted by Crippen LogP contribution is -1.94. The van der Waals surface area contributed by atoms with Gasteiger partial charge in [-0.1, -0.05) is 56.8 Å². The first-order chi connectivity index (χ1) is 9.97. The second-order valence-corrected chi connectivity index (χ2v) is 5.87. The second kappa shape index (κ2) is 6.53. The van der Waals surface area contributed by atoms with Crippen molar-refractivity contribution in [3.63, 3.8) is 0 Å². The molecule has 0 fully saturated rings. The molecule has 21 heavy (non-hydrogen) atoms. The third-order valence-corrected chi connectivity index (χ3v) is 3.50. The average Bonchev–Trinajstić information content (AvgIpc) is 2.47. The van der Waals surface area contributed by atoms with Gasteiger partial charge in [-0.2, -0.15) is 0 Å². The molecule has 0 saturated heterocycles. The van der Waals surface area contributed by atoms with Crippen LogP contribution in [0.3, 0.4) is 0 Å². The molecule has 3 heteroatoms. The summed E-state index contributed by atoms with van der Waals surface area (Å²) in [6, 6.07) is 15.4. The van der Waals surface area contributed by atoms with E-state index < -0.39 is 0 Å². The molecule has 0 heterocycles. The lowest BCUT2D eigenvalue weighted by atomic mass is 10.0. The van der Waals surface area contributed by atoms with Crippen LogP contribution in [0, 0.1) is 5.21 Å². The maximum Gasteiger partial charge on any atom is 0.245 e. The highest BCUT2D eigenvalue weighted by Gasteiger charge is 2.08. The molecule has 0 aliphatic carbocycles. The van der Waals surface area contributed by atoms with Crippen molar-refractivity contribution in [1.29, 1.82) is 0 Å². The maximum atomic E-state index is 12.2. The van der Waals surface area contributed by atoms with Gasteiger partial charge in [-0.25, -0.2) is 0 Å². The van der Waals surface area contributed by atoms with Gasteiger partial charge in [-0.05, 0) is 35.1 Å². The molecule has 0 aliphatic rings. The summed E-state index contributed by atoms with van der Waals surface area (Å²) < 4.78 is 0. The Balaban J connectivity index is 2.32. The van der Waals surface area contributed by atoms with Crippen LogP contribution in [0.5, 0.6) is 0 Å². The monoisotopic (exact) mass is 282 g/mol. The van der Waals surface area contributed by atoms with Crippen LogP contribution in [-0.4, -0.2) is 4.86 Å². The molecule has 0 bridgehead atoms. The van der Waals surface area contributed by atoms with E-state index in [4.69, 9.17) is 0 Å². The molecule has 2 rings (SSSR count). The zero-order valence-electron chi connectivity index (χ0n) is 13.1. The predicted molar refractivity (Wildman–Crippen MR) is 86.4 cm³/mol. The first kappa shape index (κ1) is 15.2. The van der Waals surface area contributed by atoms with Crippen LogP contribution in [0.2, 0.25) is 0 Å². The van der Waals surface area contributed by atoms with Crippen molar-refractivity contribution in [3.8, 4) is 0 Å². The van der Waals surface area contributed by atoms with E-state index in [0.717, 1.165) is 5.56 Å². The van der Waals surface area contributed by atoms with Crippen molar-refractivity contribution in [3.05, 3.63) is 64.9 Å². The van der Waals surface area contributed by atoms with E-state index in [1.165, 1.54) is 5.56 Å². The highest BCUT2D eigenvalue weighted by Crippen LogP contribution is 2.24. The Bertz CT molecular complexity index is 645. The fourth-order valence-corrected chi connectivity index (χ4v) is 2.11. The van der Waals surface area contributed by atoms with Crippen molar-refractivity contribution in [2.24, 2.45) is 5.11 Å². The first-order valence-electron chi connectivity index (χ1n) is 7.36. The third-order valence-electron chi connectivity index (χ3n) is 3.50. The predicted octanol–water partition coefficient (Wildman–Crippen LogP) is 5.86. The van der Waals surface area contributed by atoms with Crippen molar-refractivity contribution < 1.29 is 4.86 Å². The van der Waals surface area contributed by atoms with Gasteiger partial charge >= 0.3 is 0 Å². The van der Waals surface area contributed by atoms with Crippen LogP contribution in [-0.2, 0) is 0 Å². The number of hydrogen-bond donors (Lipinski definition) is 0. The van der Waals surface area contributed by atoms with E-state index in [0.29, 0.717) is 28.1 Å². The summed E-state index contributed by atoms with van der Waals surface area (Å²) >= 11 is 0. The molecule has 3 nitrogen and oxygen atoms in total. The Morgan fingerprint density at radius 1 is 0.857 bits per heavy atom. The molecule has 0 saturated carbocycles. The minimum Gasteiger partial charge on any atom is -0.594 e. The summed E-state index contributed by atoms with van der Waals surface area (Å²) in [5, 5.41) is 16.4. The summed E-state index contributed by atoms with van der Waals surface area (Å²) in [5.41, 5.74) is 3.57. The van der Waals surface area contributed by atoms with Crippen molar-refractivity contribution >= 4 is 11.4 Å². The Labute approximate surface area is 126 Å². The van der Waals surface area contributed by atoms with Gasteiger partial charge in [0.2, 0.25) is 5.69 Å². The van der Waals surface area contributed by atoms with Gasteiger partial charge in [0.25, 0.3) is 0 Å². The molecule has 0 atom stereocenters. The Morgan fingerprint density at radius 2 is 1.43 bits per heavy atom. The fraction of sp³-hybridized carbons (Fsp3) is 0.333. The molecule has 2 aromatic carbocycles. The van der Waals surface area contributed by atoms with Gasteiger partial charge in [0.15, 0.2) is 0 Å². The molecule has 0 amide bonds. The molecule has 0 N–H and O–H groups in total. The largest absolute Gasteiger partial charge is 0.594 e. The van der Waals surface area contributed by atoms with Gasteiger partial charge < -0.3 is 5.21 Å². The van der Waals surface area contributed by atoms with Gasteiger partial charge in [0.1, 0.15) is 5.69 Å².